The Bertz CT molecular complexity index is 198. The molecule has 1 aromatic rings. The van der Waals surface area contributed by atoms with Crippen LogP contribution in [0.2, 0.25) is 0 Å². The van der Waals surface area contributed by atoms with Gasteiger partial charge in [-0.05, 0) is 0 Å². The van der Waals surface area contributed by atoms with E-state index in [0.717, 1.165) is 0 Å². The molecule has 0 atom stereocenters. The van der Waals surface area contributed by atoms with E-state index < -0.39 is 0 Å². The molecule has 0 unspecified atom stereocenters. The summed E-state index contributed by atoms with van der Waals surface area (Å²) in [6.07, 6.45) is 0. The second-order valence-electron chi connectivity index (χ2n) is 1.83. The Morgan fingerprint density at radius 1 is 1.33 bits per heavy atom. The minimum atomic E-state index is 0.630. The van der Waals surface area contributed by atoms with Crippen molar-refractivity contribution in [1.82, 2.24) is 0 Å². The van der Waals surface area contributed by atoms with E-state index in [2.05, 4.69) is 16.9 Å². The molecular weight excluding hydrogens is 173 g/mol. The summed E-state index contributed by atoms with van der Waals surface area (Å²) in [6, 6.07) is 8.08. The van der Waals surface area contributed by atoms with Gasteiger partial charge in [-0.25, -0.2) is 0 Å². The van der Waals surface area contributed by atoms with Crippen molar-refractivity contribution in [2.75, 3.05) is 0 Å². The minimum absolute atomic E-state index is 0.630. The second-order valence-corrected chi connectivity index (χ2v) is 2.84. The molecule has 2 heteroatoms. The van der Waals surface area contributed by atoms with Gasteiger partial charge >= 0.3 is 63.3 Å². The average Bonchev–Trinajstić information content (AvgIpc) is 1.89. The van der Waals surface area contributed by atoms with Gasteiger partial charge in [0.1, 0.15) is 0 Å². The predicted octanol–water partition coefficient (Wildman–Crippen LogP) is -0.0609. The van der Waals surface area contributed by atoms with E-state index >= 15 is 0 Å². The molecule has 1 nitrogen and oxygen atoms in total. The Morgan fingerprint density at radius 2 is 2.00 bits per heavy atom. The summed E-state index contributed by atoms with van der Waals surface area (Å²) >= 11 is 2.51. The van der Waals surface area contributed by atoms with Gasteiger partial charge in [0.15, 0.2) is 0 Å². The summed E-state index contributed by atoms with van der Waals surface area (Å²) in [5, 5.41) is 0. The van der Waals surface area contributed by atoms with Gasteiger partial charge in [-0.2, -0.15) is 0 Å². The fourth-order valence-electron chi connectivity index (χ4n) is 0.683. The first-order valence-corrected chi connectivity index (χ1v) is 3.75. The second kappa shape index (κ2) is 3.05. The van der Waals surface area contributed by atoms with Gasteiger partial charge in [0.25, 0.3) is 0 Å². The van der Waals surface area contributed by atoms with Crippen LogP contribution in [0.5, 0.6) is 0 Å². The Morgan fingerprint density at radius 3 is 2.44 bits per heavy atom. The van der Waals surface area contributed by atoms with Crippen molar-refractivity contribution in [2.24, 2.45) is 5.73 Å². The van der Waals surface area contributed by atoms with Crippen molar-refractivity contribution in [3.8, 4) is 0 Å². The van der Waals surface area contributed by atoms with E-state index in [9.17, 15) is 0 Å². The quantitative estimate of drug-likeness (QED) is 0.603. The fourth-order valence-corrected chi connectivity index (χ4v) is 1.21. The van der Waals surface area contributed by atoms with Gasteiger partial charge in [-0.15, -0.1) is 0 Å². The standard InChI is InChI=1S/C7H8AsN/c8-7-4-2-1-3-6(7)5-9/h1-4H,5,9H2. The average molecular weight is 181 g/mol. The molecule has 0 heterocycles. The van der Waals surface area contributed by atoms with Crippen LogP contribution in [0, 0.1) is 0 Å². The third-order valence-electron chi connectivity index (χ3n) is 1.21. The van der Waals surface area contributed by atoms with E-state index in [1.165, 1.54) is 9.91 Å². The molecule has 0 bridgehead atoms. The van der Waals surface area contributed by atoms with Crippen LogP contribution in [0.3, 0.4) is 0 Å². The molecule has 0 aliphatic heterocycles. The zero-order valence-electron chi connectivity index (χ0n) is 5.04. The Kier molecular flexibility index (Phi) is 2.32. The molecular formula is C7H8AsN. The number of nitrogens with two attached hydrogens (primary N) is 1. The van der Waals surface area contributed by atoms with Crippen LogP contribution in [0.15, 0.2) is 24.3 Å². The zero-order chi connectivity index (χ0) is 6.69. The van der Waals surface area contributed by atoms with Gasteiger partial charge in [0.2, 0.25) is 0 Å². The summed E-state index contributed by atoms with van der Waals surface area (Å²) in [7, 11) is 0. The molecule has 0 saturated carbocycles. The molecule has 1 rings (SSSR count). The maximum atomic E-state index is 5.44. The van der Waals surface area contributed by atoms with E-state index in [4.69, 9.17) is 5.73 Å². The van der Waals surface area contributed by atoms with Crippen LogP contribution < -0.4 is 10.1 Å². The molecule has 0 aromatic heterocycles. The molecule has 0 spiro atoms. The molecule has 2 N–H and O–H groups in total. The first kappa shape index (κ1) is 6.85. The monoisotopic (exact) mass is 181 g/mol. The maximum absolute atomic E-state index is 5.44. The van der Waals surface area contributed by atoms with Crippen LogP contribution in [0.1, 0.15) is 5.56 Å². The summed E-state index contributed by atoms with van der Waals surface area (Å²) in [4.78, 5) is 0. The van der Waals surface area contributed by atoms with Crippen molar-refractivity contribution in [1.29, 1.82) is 0 Å². The van der Waals surface area contributed by atoms with Crippen LogP contribution >= 0.6 is 0 Å². The Balaban J connectivity index is 3.01. The molecule has 0 aliphatic rings. The molecule has 1 aromatic carbocycles. The normalized spacial score (nSPS) is 9.56. The van der Waals surface area contributed by atoms with Gasteiger partial charge in [0, 0.05) is 0 Å². The van der Waals surface area contributed by atoms with Gasteiger partial charge in [-0.1, -0.05) is 0 Å². The predicted molar refractivity (Wildman–Crippen MR) is 39.7 cm³/mol. The number of hydrogen-bond donors (Lipinski definition) is 1. The van der Waals surface area contributed by atoms with Crippen LogP contribution in [0.25, 0.3) is 0 Å². The summed E-state index contributed by atoms with van der Waals surface area (Å²) in [6.45, 7) is 0.630. The van der Waals surface area contributed by atoms with Gasteiger partial charge in [-0.3, -0.25) is 0 Å². The summed E-state index contributed by atoms with van der Waals surface area (Å²) in [5.41, 5.74) is 6.65. The first-order valence-electron chi connectivity index (χ1n) is 2.81. The zero-order valence-corrected chi connectivity index (χ0v) is 6.92. The number of hydrogen-bond acceptors (Lipinski definition) is 1. The molecule has 0 aliphatic carbocycles. The third-order valence-corrected chi connectivity index (χ3v) is 2.13. The van der Waals surface area contributed by atoms with Crippen LogP contribution in [-0.4, -0.2) is 16.9 Å². The molecule has 9 heavy (non-hydrogen) atoms. The molecule has 2 radical (unpaired) electrons. The fraction of sp³-hybridized carbons (Fsp3) is 0.143. The van der Waals surface area contributed by atoms with Crippen LogP contribution in [0.4, 0.5) is 0 Å². The first-order chi connectivity index (χ1) is 4.34. The van der Waals surface area contributed by atoms with Crippen LogP contribution in [-0.2, 0) is 6.54 Å². The third kappa shape index (κ3) is 1.57. The summed E-state index contributed by atoms with van der Waals surface area (Å²) < 4.78 is 1.22. The number of rotatable bonds is 1. The topological polar surface area (TPSA) is 26.0 Å². The summed E-state index contributed by atoms with van der Waals surface area (Å²) in [5.74, 6) is 0. The van der Waals surface area contributed by atoms with Crippen molar-refractivity contribution in [3.05, 3.63) is 29.8 Å². The molecule has 0 saturated heterocycles. The van der Waals surface area contributed by atoms with Crippen molar-refractivity contribution in [3.63, 3.8) is 0 Å². The Hall–Kier alpha value is -0.262. The van der Waals surface area contributed by atoms with Gasteiger partial charge in [0.05, 0.1) is 0 Å². The van der Waals surface area contributed by atoms with E-state index in [1.807, 2.05) is 24.3 Å². The van der Waals surface area contributed by atoms with E-state index in [0.29, 0.717) is 6.54 Å². The van der Waals surface area contributed by atoms with Crippen molar-refractivity contribution < 1.29 is 0 Å². The molecule has 0 amide bonds. The number of benzene rings is 1. The van der Waals surface area contributed by atoms with Gasteiger partial charge < -0.3 is 0 Å². The molecule has 46 valence electrons. The van der Waals surface area contributed by atoms with E-state index in [-0.39, 0.29) is 0 Å². The Labute approximate surface area is 63.8 Å². The van der Waals surface area contributed by atoms with Crippen molar-refractivity contribution >= 4 is 21.2 Å². The van der Waals surface area contributed by atoms with E-state index in [1.54, 1.807) is 0 Å². The van der Waals surface area contributed by atoms with Crippen molar-refractivity contribution in [2.45, 2.75) is 6.54 Å². The molecule has 0 fully saturated rings. The SMILES string of the molecule is NCc1ccccc1[As].